The molecular weight excluding hydrogens is 316 g/mol. The third kappa shape index (κ3) is 2.34. The van der Waals surface area contributed by atoms with E-state index in [1.54, 1.807) is 4.68 Å². The number of nitrogens with one attached hydrogen (secondary N) is 1. The van der Waals surface area contributed by atoms with E-state index in [0.29, 0.717) is 0 Å². The molecule has 3 rings (SSSR count). The van der Waals surface area contributed by atoms with Crippen LogP contribution in [0.25, 0.3) is 10.9 Å². The van der Waals surface area contributed by atoms with Crippen LogP contribution in [0.5, 0.6) is 0 Å². The predicted octanol–water partition coefficient (Wildman–Crippen LogP) is 3.04. The number of hydrogen-bond donors (Lipinski definition) is 1. The third-order valence-corrected chi connectivity index (χ3v) is 3.96. The van der Waals surface area contributed by atoms with E-state index >= 15 is 0 Å². The van der Waals surface area contributed by atoms with Crippen molar-refractivity contribution in [3.05, 3.63) is 58.5 Å². The lowest BCUT2D eigenvalue weighted by Gasteiger charge is -2.16. The molecule has 5 heteroatoms. The Kier molecular flexibility index (Phi) is 3.54. The molecule has 1 atom stereocenters. The van der Waals surface area contributed by atoms with Gasteiger partial charge < -0.3 is 5.32 Å². The summed E-state index contributed by atoms with van der Waals surface area (Å²) in [6, 6.07) is 10.2. The molecule has 1 N–H and O–H groups in total. The molecule has 0 saturated carbocycles. The molecule has 4 nitrogen and oxygen atoms in total. The lowest BCUT2D eigenvalue weighted by Crippen LogP contribution is -2.19. The maximum absolute atomic E-state index is 4.79. The van der Waals surface area contributed by atoms with Gasteiger partial charge in [0, 0.05) is 28.7 Å². The van der Waals surface area contributed by atoms with Gasteiger partial charge in [0.25, 0.3) is 0 Å². The number of para-hydroxylation sites is 1. The Labute approximate surface area is 126 Å². The first-order chi connectivity index (χ1) is 9.69. The summed E-state index contributed by atoms with van der Waals surface area (Å²) in [4.78, 5) is 4.79. The molecule has 0 spiro atoms. The van der Waals surface area contributed by atoms with Crippen molar-refractivity contribution in [2.24, 2.45) is 7.05 Å². The molecular formula is C15H15BrN4. The van der Waals surface area contributed by atoms with Gasteiger partial charge in [0.1, 0.15) is 0 Å². The zero-order chi connectivity index (χ0) is 14.1. The standard InChI is InChI=1S/C15H15BrN4/c1-17-14(11-8-18-20(2)9-11)15-12(16)7-10-5-3-4-6-13(10)19-15/h3-9,14,17H,1-2H3. The zero-order valence-corrected chi connectivity index (χ0v) is 12.9. The van der Waals surface area contributed by atoms with E-state index in [1.165, 1.54) is 0 Å². The highest BCUT2D eigenvalue weighted by Crippen LogP contribution is 2.29. The smallest absolute Gasteiger partial charge is 0.0791 e. The lowest BCUT2D eigenvalue weighted by atomic mass is 10.1. The molecule has 3 aromatic rings. The van der Waals surface area contributed by atoms with Crippen LogP contribution in [0.2, 0.25) is 0 Å². The number of rotatable bonds is 3. The van der Waals surface area contributed by atoms with E-state index in [4.69, 9.17) is 4.98 Å². The summed E-state index contributed by atoms with van der Waals surface area (Å²) in [5.41, 5.74) is 3.06. The van der Waals surface area contributed by atoms with Gasteiger partial charge in [-0.15, -0.1) is 0 Å². The van der Waals surface area contributed by atoms with Gasteiger partial charge in [0.2, 0.25) is 0 Å². The Balaban J connectivity index is 2.14. The van der Waals surface area contributed by atoms with Gasteiger partial charge in [0.15, 0.2) is 0 Å². The fourth-order valence-electron chi connectivity index (χ4n) is 2.36. The molecule has 0 aliphatic carbocycles. The van der Waals surface area contributed by atoms with Crippen molar-refractivity contribution in [1.82, 2.24) is 20.1 Å². The predicted molar refractivity (Wildman–Crippen MR) is 83.6 cm³/mol. The topological polar surface area (TPSA) is 42.7 Å². The van der Waals surface area contributed by atoms with E-state index in [0.717, 1.165) is 26.6 Å². The second-order valence-electron chi connectivity index (χ2n) is 4.72. The molecule has 0 fully saturated rings. The van der Waals surface area contributed by atoms with E-state index < -0.39 is 0 Å². The minimum Gasteiger partial charge on any atom is -0.308 e. The molecule has 0 saturated heterocycles. The first-order valence-electron chi connectivity index (χ1n) is 6.40. The third-order valence-electron chi connectivity index (χ3n) is 3.32. The van der Waals surface area contributed by atoms with Crippen LogP contribution < -0.4 is 5.32 Å². The highest BCUT2D eigenvalue weighted by Gasteiger charge is 2.18. The van der Waals surface area contributed by atoms with Crippen molar-refractivity contribution < 1.29 is 0 Å². The molecule has 0 bridgehead atoms. The van der Waals surface area contributed by atoms with Crippen LogP contribution in [0, 0.1) is 0 Å². The van der Waals surface area contributed by atoms with E-state index in [-0.39, 0.29) is 6.04 Å². The quantitative estimate of drug-likeness (QED) is 0.802. The number of aromatic nitrogens is 3. The maximum atomic E-state index is 4.79. The number of benzene rings is 1. The highest BCUT2D eigenvalue weighted by molar-refractivity contribution is 9.10. The molecule has 0 aliphatic heterocycles. The molecule has 0 aliphatic rings. The Morgan fingerprint density at radius 3 is 2.80 bits per heavy atom. The molecule has 1 unspecified atom stereocenters. The summed E-state index contributed by atoms with van der Waals surface area (Å²) in [7, 11) is 3.85. The Hall–Kier alpha value is -1.72. The summed E-state index contributed by atoms with van der Waals surface area (Å²) in [6.07, 6.45) is 3.87. The van der Waals surface area contributed by atoms with Crippen LogP contribution in [0.4, 0.5) is 0 Å². The molecule has 0 radical (unpaired) electrons. The normalized spacial score (nSPS) is 12.8. The van der Waals surface area contributed by atoms with Crippen LogP contribution >= 0.6 is 15.9 Å². The van der Waals surface area contributed by atoms with Crippen LogP contribution in [-0.2, 0) is 7.05 Å². The number of halogens is 1. The first-order valence-corrected chi connectivity index (χ1v) is 7.19. The van der Waals surface area contributed by atoms with Crippen LogP contribution in [0.1, 0.15) is 17.3 Å². The van der Waals surface area contributed by atoms with Gasteiger partial charge in [-0.3, -0.25) is 4.68 Å². The molecule has 102 valence electrons. The number of aryl methyl sites for hydroxylation is 1. The summed E-state index contributed by atoms with van der Waals surface area (Å²) < 4.78 is 2.80. The summed E-state index contributed by atoms with van der Waals surface area (Å²) in [6.45, 7) is 0. The Morgan fingerprint density at radius 2 is 2.10 bits per heavy atom. The second kappa shape index (κ2) is 5.34. The van der Waals surface area contributed by atoms with Crippen molar-refractivity contribution >= 4 is 26.8 Å². The summed E-state index contributed by atoms with van der Waals surface area (Å²) in [5.74, 6) is 0. The van der Waals surface area contributed by atoms with Gasteiger partial charge in [-0.25, -0.2) is 4.98 Å². The van der Waals surface area contributed by atoms with Crippen LogP contribution in [0.15, 0.2) is 47.2 Å². The average Bonchev–Trinajstić information content (AvgIpc) is 2.86. The maximum Gasteiger partial charge on any atom is 0.0791 e. The van der Waals surface area contributed by atoms with E-state index in [9.17, 15) is 0 Å². The monoisotopic (exact) mass is 330 g/mol. The average molecular weight is 331 g/mol. The number of fused-ring (bicyclic) bond motifs is 1. The highest BCUT2D eigenvalue weighted by atomic mass is 79.9. The van der Waals surface area contributed by atoms with Crippen molar-refractivity contribution in [3.63, 3.8) is 0 Å². The van der Waals surface area contributed by atoms with Crippen molar-refractivity contribution in [1.29, 1.82) is 0 Å². The Morgan fingerprint density at radius 1 is 1.30 bits per heavy atom. The number of nitrogens with zero attached hydrogens (tertiary/aromatic N) is 3. The number of pyridine rings is 1. The molecule has 2 aromatic heterocycles. The molecule has 0 amide bonds. The van der Waals surface area contributed by atoms with E-state index in [1.807, 2.05) is 44.7 Å². The van der Waals surface area contributed by atoms with Gasteiger partial charge in [-0.1, -0.05) is 18.2 Å². The molecule has 20 heavy (non-hydrogen) atoms. The fourth-order valence-corrected chi connectivity index (χ4v) is 2.92. The SMILES string of the molecule is CNC(c1cnn(C)c1)c1nc2ccccc2cc1Br. The summed E-state index contributed by atoms with van der Waals surface area (Å²) in [5, 5.41) is 8.67. The van der Waals surface area contributed by atoms with Crippen molar-refractivity contribution in [2.45, 2.75) is 6.04 Å². The minimum absolute atomic E-state index is 0.0164. The Bertz CT molecular complexity index is 750. The zero-order valence-electron chi connectivity index (χ0n) is 11.3. The number of hydrogen-bond acceptors (Lipinski definition) is 3. The van der Waals surface area contributed by atoms with Gasteiger partial charge >= 0.3 is 0 Å². The van der Waals surface area contributed by atoms with Gasteiger partial charge in [-0.2, -0.15) is 5.10 Å². The molecule has 1 aromatic carbocycles. The summed E-state index contributed by atoms with van der Waals surface area (Å²) >= 11 is 3.63. The van der Waals surface area contributed by atoms with Crippen molar-refractivity contribution in [2.75, 3.05) is 7.05 Å². The lowest BCUT2D eigenvalue weighted by molar-refractivity contribution is 0.669. The van der Waals surface area contributed by atoms with Crippen molar-refractivity contribution in [3.8, 4) is 0 Å². The largest absolute Gasteiger partial charge is 0.308 e. The van der Waals surface area contributed by atoms with Gasteiger partial charge in [0.05, 0.1) is 23.4 Å². The second-order valence-corrected chi connectivity index (χ2v) is 5.57. The fraction of sp³-hybridized carbons (Fsp3) is 0.200. The minimum atomic E-state index is 0.0164. The van der Waals surface area contributed by atoms with Gasteiger partial charge in [-0.05, 0) is 35.1 Å². The first kappa shape index (κ1) is 13.3. The van der Waals surface area contributed by atoms with Crippen LogP contribution in [0.3, 0.4) is 0 Å². The molecule has 2 heterocycles. The van der Waals surface area contributed by atoms with Crippen LogP contribution in [-0.4, -0.2) is 21.8 Å². The van der Waals surface area contributed by atoms with E-state index in [2.05, 4.69) is 38.5 Å².